The molecule has 0 saturated carbocycles. The third-order valence-corrected chi connectivity index (χ3v) is 7.70. The quantitative estimate of drug-likeness (QED) is 0.453. The van der Waals surface area contributed by atoms with Crippen LogP contribution in [0.1, 0.15) is 54.5 Å². The van der Waals surface area contributed by atoms with Crippen molar-refractivity contribution in [3.63, 3.8) is 0 Å². The number of fused-ring (bicyclic) bond motifs is 7. The molecule has 1 unspecified atom stereocenters. The van der Waals surface area contributed by atoms with Crippen molar-refractivity contribution < 1.29 is 0 Å². The molecule has 3 aliphatic rings. The molecule has 6 rings (SSSR count). The van der Waals surface area contributed by atoms with Gasteiger partial charge in [0.2, 0.25) is 0 Å². The van der Waals surface area contributed by atoms with Crippen molar-refractivity contribution in [2.45, 2.75) is 32.1 Å². The topological polar surface area (TPSA) is 12.0 Å². The fourth-order valence-corrected chi connectivity index (χ4v) is 6.35. The highest BCUT2D eigenvalue weighted by Gasteiger charge is 2.51. The minimum atomic E-state index is -0.250. The Morgan fingerprint density at radius 2 is 1.55 bits per heavy atom. The van der Waals surface area contributed by atoms with Crippen LogP contribution in [-0.4, -0.2) is 7.05 Å². The molecular weight excluding hydrogens is 398 g/mol. The van der Waals surface area contributed by atoms with Crippen LogP contribution in [0.4, 0.5) is 0 Å². The van der Waals surface area contributed by atoms with Crippen molar-refractivity contribution in [2.75, 3.05) is 7.05 Å². The maximum atomic E-state index is 3.44. The number of hydrogen-bond donors (Lipinski definition) is 1. The predicted octanol–water partition coefficient (Wildman–Crippen LogP) is 7.65. The molecular formula is C32H29N. The molecule has 0 saturated heterocycles. The Hall–Kier alpha value is -3.58. The average molecular weight is 428 g/mol. The second-order valence-electron chi connectivity index (χ2n) is 9.22. The van der Waals surface area contributed by atoms with Crippen LogP contribution in [0.3, 0.4) is 0 Å². The Labute approximate surface area is 196 Å². The van der Waals surface area contributed by atoms with E-state index in [2.05, 4.69) is 110 Å². The summed E-state index contributed by atoms with van der Waals surface area (Å²) >= 11 is 0. The minimum absolute atomic E-state index is 0.250. The van der Waals surface area contributed by atoms with Gasteiger partial charge in [-0.05, 0) is 82.8 Å². The second kappa shape index (κ2) is 7.49. The molecule has 3 aromatic rings. The lowest BCUT2D eigenvalue weighted by Gasteiger charge is -2.31. The standard InChI is InChI=1S/C32H29N/c1-4-11-27-21(2)23-12-5-8-15-28(23)32(27)29-16-9-6-14-25(29)26-20-22(18-19-30(26)32)24-13-7-10-17-31(24)33-3/h4-9,11-16,18-20,33H,10,17H2,1-3H3/b11-4-. The van der Waals surface area contributed by atoms with Gasteiger partial charge in [-0.25, -0.2) is 0 Å². The molecule has 0 aliphatic heterocycles. The molecule has 0 bridgehead atoms. The molecule has 1 spiro atoms. The van der Waals surface area contributed by atoms with Gasteiger partial charge in [-0.15, -0.1) is 0 Å². The zero-order valence-corrected chi connectivity index (χ0v) is 19.6. The first kappa shape index (κ1) is 20.1. The normalized spacial score (nSPS) is 20.6. The van der Waals surface area contributed by atoms with Crippen molar-refractivity contribution in [3.05, 3.63) is 130 Å². The van der Waals surface area contributed by atoms with Gasteiger partial charge in [0.1, 0.15) is 0 Å². The Morgan fingerprint density at radius 1 is 0.848 bits per heavy atom. The van der Waals surface area contributed by atoms with E-state index in [4.69, 9.17) is 0 Å². The van der Waals surface area contributed by atoms with Crippen LogP contribution in [0, 0.1) is 0 Å². The van der Waals surface area contributed by atoms with E-state index in [1.807, 2.05) is 7.05 Å². The minimum Gasteiger partial charge on any atom is -0.391 e. The van der Waals surface area contributed by atoms with E-state index in [1.54, 1.807) is 0 Å². The lowest BCUT2D eigenvalue weighted by Crippen LogP contribution is -2.26. The summed E-state index contributed by atoms with van der Waals surface area (Å²) in [6, 6.07) is 25.2. The smallest absolute Gasteiger partial charge is 0.0722 e. The first-order valence-electron chi connectivity index (χ1n) is 12.0. The van der Waals surface area contributed by atoms with Gasteiger partial charge in [0.25, 0.3) is 0 Å². The van der Waals surface area contributed by atoms with Crippen molar-refractivity contribution >= 4 is 11.1 Å². The molecule has 1 heteroatoms. The summed E-state index contributed by atoms with van der Waals surface area (Å²) in [5.74, 6) is 0. The van der Waals surface area contributed by atoms with Gasteiger partial charge in [0, 0.05) is 18.3 Å². The molecule has 162 valence electrons. The summed E-state index contributed by atoms with van der Waals surface area (Å²) in [5.41, 5.74) is 14.8. The summed E-state index contributed by atoms with van der Waals surface area (Å²) in [6.07, 6.45) is 11.3. The van der Waals surface area contributed by atoms with Crippen molar-refractivity contribution in [1.82, 2.24) is 5.32 Å². The summed E-state index contributed by atoms with van der Waals surface area (Å²) in [6.45, 7) is 4.41. The van der Waals surface area contributed by atoms with Crippen LogP contribution in [0.25, 0.3) is 22.3 Å². The van der Waals surface area contributed by atoms with E-state index >= 15 is 0 Å². The van der Waals surface area contributed by atoms with Crippen molar-refractivity contribution in [3.8, 4) is 11.1 Å². The van der Waals surface area contributed by atoms with Crippen molar-refractivity contribution in [1.29, 1.82) is 0 Å². The Morgan fingerprint density at radius 3 is 2.30 bits per heavy atom. The summed E-state index contributed by atoms with van der Waals surface area (Å²) in [7, 11) is 2.04. The van der Waals surface area contributed by atoms with Gasteiger partial charge in [0.15, 0.2) is 0 Å². The fraction of sp³-hybridized carbons (Fsp3) is 0.188. The molecule has 3 aliphatic carbocycles. The van der Waals surface area contributed by atoms with E-state index in [-0.39, 0.29) is 5.41 Å². The molecule has 3 aromatic carbocycles. The first-order valence-corrected chi connectivity index (χ1v) is 12.0. The zero-order chi connectivity index (χ0) is 22.6. The lowest BCUT2D eigenvalue weighted by molar-refractivity contribution is 0.785. The summed E-state index contributed by atoms with van der Waals surface area (Å²) in [4.78, 5) is 0. The predicted molar refractivity (Wildman–Crippen MR) is 140 cm³/mol. The third-order valence-electron chi connectivity index (χ3n) is 7.70. The monoisotopic (exact) mass is 427 g/mol. The van der Waals surface area contributed by atoms with E-state index in [1.165, 1.54) is 61.4 Å². The summed E-state index contributed by atoms with van der Waals surface area (Å²) in [5, 5.41) is 3.44. The number of hydrogen-bond acceptors (Lipinski definition) is 1. The van der Waals surface area contributed by atoms with Gasteiger partial charge in [-0.1, -0.05) is 85.0 Å². The van der Waals surface area contributed by atoms with Gasteiger partial charge < -0.3 is 5.32 Å². The van der Waals surface area contributed by atoms with Gasteiger partial charge >= 0.3 is 0 Å². The SMILES string of the molecule is C/C=C\C1=C(C)c2ccccc2C12c1ccccc1-c1cc(C3=C(NC)CCC=C3)ccc12. The molecule has 33 heavy (non-hydrogen) atoms. The molecule has 0 amide bonds. The number of nitrogens with one attached hydrogen (secondary N) is 1. The first-order chi connectivity index (χ1) is 16.2. The van der Waals surface area contributed by atoms with Crippen LogP contribution < -0.4 is 5.32 Å². The Balaban J connectivity index is 1.69. The highest BCUT2D eigenvalue weighted by Crippen LogP contribution is 2.62. The maximum Gasteiger partial charge on any atom is 0.0722 e. The molecule has 0 aromatic heterocycles. The molecule has 1 nitrogen and oxygen atoms in total. The van der Waals surface area contributed by atoms with Gasteiger partial charge in [-0.2, -0.15) is 0 Å². The van der Waals surface area contributed by atoms with Gasteiger partial charge in [-0.3, -0.25) is 0 Å². The largest absolute Gasteiger partial charge is 0.391 e. The van der Waals surface area contributed by atoms with Crippen LogP contribution in [0.15, 0.2) is 102 Å². The van der Waals surface area contributed by atoms with E-state index < -0.39 is 0 Å². The molecule has 0 radical (unpaired) electrons. The Kier molecular flexibility index (Phi) is 4.55. The lowest BCUT2D eigenvalue weighted by atomic mass is 9.69. The maximum absolute atomic E-state index is 3.44. The van der Waals surface area contributed by atoms with Crippen LogP contribution in [0.5, 0.6) is 0 Å². The third kappa shape index (κ3) is 2.60. The second-order valence-corrected chi connectivity index (χ2v) is 9.22. The highest BCUT2D eigenvalue weighted by atomic mass is 14.8. The van der Waals surface area contributed by atoms with E-state index in [9.17, 15) is 0 Å². The van der Waals surface area contributed by atoms with Crippen LogP contribution in [-0.2, 0) is 5.41 Å². The van der Waals surface area contributed by atoms with Crippen LogP contribution >= 0.6 is 0 Å². The number of allylic oxidation sites excluding steroid dienone is 8. The summed E-state index contributed by atoms with van der Waals surface area (Å²) < 4.78 is 0. The fourth-order valence-electron chi connectivity index (χ4n) is 6.35. The Bertz CT molecular complexity index is 1410. The van der Waals surface area contributed by atoms with Crippen LogP contribution in [0.2, 0.25) is 0 Å². The number of benzene rings is 3. The molecule has 1 atom stereocenters. The molecule has 0 heterocycles. The van der Waals surface area contributed by atoms with E-state index in [0.717, 1.165) is 12.8 Å². The zero-order valence-electron chi connectivity index (χ0n) is 19.6. The average Bonchev–Trinajstić information content (AvgIpc) is 3.30. The highest BCUT2D eigenvalue weighted by molar-refractivity contribution is 5.96. The molecule has 0 fully saturated rings. The van der Waals surface area contributed by atoms with Crippen molar-refractivity contribution in [2.24, 2.45) is 0 Å². The van der Waals surface area contributed by atoms with E-state index in [0.29, 0.717) is 0 Å². The number of rotatable bonds is 3. The van der Waals surface area contributed by atoms with Gasteiger partial charge in [0.05, 0.1) is 5.41 Å². The molecule has 1 N–H and O–H groups in total.